The van der Waals surface area contributed by atoms with Gasteiger partial charge in [0.25, 0.3) is 0 Å². The van der Waals surface area contributed by atoms with Crippen molar-refractivity contribution in [3.05, 3.63) is 42.2 Å². The number of anilines is 1. The highest BCUT2D eigenvalue weighted by Gasteiger charge is 2.42. The zero-order valence-electron chi connectivity index (χ0n) is 14.8. The van der Waals surface area contributed by atoms with Gasteiger partial charge in [0.2, 0.25) is 0 Å². The molecule has 0 bridgehead atoms. The molecule has 5 heteroatoms. The Morgan fingerprint density at radius 3 is 2.56 bits per heavy atom. The summed E-state index contributed by atoms with van der Waals surface area (Å²) >= 11 is 1.68. The molecule has 2 heterocycles. The molecule has 25 heavy (non-hydrogen) atoms. The topological polar surface area (TPSA) is 55.0 Å². The van der Waals surface area contributed by atoms with Crippen molar-refractivity contribution in [2.24, 2.45) is 11.1 Å². The first kappa shape index (κ1) is 16.9. The van der Waals surface area contributed by atoms with E-state index < -0.39 is 0 Å². The lowest BCUT2D eigenvalue weighted by Gasteiger charge is -2.42. The van der Waals surface area contributed by atoms with Crippen LogP contribution in [0.4, 0.5) is 5.82 Å². The molecule has 1 aromatic heterocycles. The van der Waals surface area contributed by atoms with Gasteiger partial charge in [0.05, 0.1) is 12.4 Å². The molecule has 2 aliphatic rings. The normalized spacial score (nSPS) is 22.5. The minimum atomic E-state index is 0.393. The van der Waals surface area contributed by atoms with Crippen LogP contribution < -0.4 is 10.6 Å². The molecule has 1 spiro atoms. The Kier molecular flexibility index (Phi) is 4.69. The number of benzene rings is 1. The quantitative estimate of drug-likeness (QED) is 0.902. The first-order valence-corrected chi connectivity index (χ1v) is 10.0. The van der Waals surface area contributed by atoms with E-state index in [1.54, 1.807) is 11.8 Å². The maximum Gasteiger partial charge on any atom is 0.147 e. The highest BCUT2D eigenvalue weighted by atomic mass is 32.2. The van der Waals surface area contributed by atoms with Gasteiger partial charge >= 0.3 is 0 Å². The van der Waals surface area contributed by atoms with Crippen molar-refractivity contribution in [1.29, 1.82) is 0 Å². The van der Waals surface area contributed by atoms with Crippen LogP contribution in [0, 0.1) is 12.3 Å². The summed E-state index contributed by atoms with van der Waals surface area (Å²) in [6, 6.07) is 8.78. The zero-order chi connectivity index (χ0) is 17.3. The summed E-state index contributed by atoms with van der Waals surface area (Å²) < 4.78 is 0. The number of hydrogen-bond acceptors (Lipinski definition) is 5. The smallest absolute Gasteiger partial charge is 0.147 e. The second-order valence-corrected chi connectivity index (χ2v) is 8.49. The van der Waals surface area contributed by atoms with Gasteiger partial charge in [-0.15, -0.1) is 0 Å². The molecule has 2 fully saturated rings. The van der Waals surface area contributed by atoms with Gasteiger partial charge in [0.1, 0.15) is 10.8 Å². The minimum Gasteiger partial charge on any atom is -0.355 e. The maximum absolute atomic E-state index is 6.38. The highest BCUT2D eigenvalue weighted by Crippen LogP contribution is 2.45. The van der Waals surface area contributed by atoms with Crippen LogP contribution in [0.3, 0.4) is 0 Å². The molecular weight excluding hydrogens is 328 g/mol. The SMILES string of the molecule is Cc1ccccc1Sc1cnc(N2CCC3(CCC[C@H]3N)CC2)cn1. The van der Waals surface area contributed by atoms with Crippen molar-refractivity contribution in [3.63, 3.8) is 0 Å². The molecular formula is C20H26N4S. The van der Waals surface area contributed by atoms with Crippen LogP contribution in [-0.2, 0) is 0 Å². The largest absolute Gasteiger partial charge is 0.355 e. The second kappa shape index (κ2) is 6.96. The lowest BCUT2D eigenvalue weighted by Crippen LogP contribution is -2.47. The first-order chi connectivity index (χ1) is 12.2. The van der Waals surface area contributed by atoms with Crippen LogP contribution in [0.5, 0.6) is 0 Å². The van der Waals surface area contributed by atoms with Crippen LogP contribution in [0.1, 0.15) is 37.7 Å². The summed E-state index contributed by atoms with van der Waals surface area (Å²) in [5.41, 5.74) is 8.05. The van der Waals surface area contributed by atoms with Gasteiger partial charge < -0.3 is 10.6 Å². The Bertz CT molecular complexity index is 723. The molecule has 1 saturated carbocycles. The van der Waals surface area contributed by atoms with E-state index >= 15 is 0 Å². The Labute approximate surface area is 154 Å². The summed E-state index contributed by atoms with van der Waals surface area (Å²) in [6.45, 7) is 4.22. The van der Waals surface area contributed by atoms with E-state index in [1.807, 2.05) is 12.4 Å². The van der Waals surface area contributed by atoms with Gasteiger partial charge in [-0.1, -0.05) is 36.4 Å². The number of aryl methyl sites for hydroxylation is 1. The Morgan fingerprint density at radius 2 is 1.92 bits per heavy atom. The van der Waals surface area contributed by atoms with Crippen molar-refractivity contribution in [3.8, 4) is 0 Å². The van der Waals surface area contributed by atoms with Crippen molar-refractivity contribution in [1.82, 2.24) is 9.97 Å². The molecule has 0 unspecified atom stereocenters. The molecule has 0 radical (unpaired) electrons. The van der Waals surface area contributed by atoms with Crippen molar-refractivity contribution in [2.75, 3.05) is 18.0 Å². The third kappa shape index (κ3) is 3.40. The summed E-state index contributed by atoms with van der Waals surface area (Å²) in [5, 5.41) is 0.948. The average molecular weight is 355 g/mol. The third-order valence-electron chi connectivity index (χ3n) is 5.98. The number of piperidine rings is 1. The molecule has 132 valence electrons. The Hall–Kier alpha value is -1.59. The standard InChI is InChI=1S/C20H26N4S/c1-15-5-2-3-6-16(15)25-19-14-22-18(13-23-19)24-11-9-20(10-12-24)8-4-7-17(20)21/h2-3,5-6,13-14,17H,4,7-12,21H2,1H3/t17-/m1/s1. The molecule has 1 aromatic carbocycles. The van der Waals surface area contributed by atoms with Crippen molar-refractivity contribution >= 4 is 17.6 Å². The molecule has 1 aliphatic carbocycles. The number of hydrogen-bond donors (Lipinski definition) is 1. The fourth-order valence-electron chi connectivity index (χ4n) is 4.28. The van der Waals surface area contributed by atoms with Crippen LogP contribution >= 0.6 is 11.8 Å². The van der Waals surface area contributed by atoms with E-state index in [0.717, 1.165) is 23.9 Å². The monoisotopic (exact) mass is 354 g/mol. The second-order valence-electron chi connectivity index (χ2n) is 7.43. The van der Waals surface area contributed by atoms with E-state index in [4.69, 9.17) is 5.73 Å². The number of rotatable bonds is 3. The average Bonchev–Trinajstić information content (AvgIpc) is 2.99. The summed E-state index contributed by atoms with van der Waals surface area (Å²) in [5.74, 6) is 0.996. The first-order valence-electron chi connectivity index (χ1n) is 9.22. The van der Waals surface area contributed by atoms with Crippen LogP contribution in [0.2, 0.25) is 0 Å². The van der Waals surface area contributed by atoms with Gasteiger partial charge in [-0.25, -0.2) is 9.97 Å². The molecule has 1 aliphatic heterocycles. The summed E-state index contributed by atoms with van der Waals surface area (Å²) in [6.07, 6.45) is 10.0. The lowest BCUT2D eigenvalue weighted by atomic mass is 9.74. The lowest BCUT2D eigenvalue weighted by molar-refractivity contribution is 0.197. The predicted molar refractivity (Wildman–Crippen MR) is 103 cm³/mol. The molecule has 1 saturated heterocycles. The van der Waals surface area contributed by atoms with Gasteiger partial charge in [-0.3, -0.25) is 0 Å². The third-order valence-corrected chi connectivity index (χ3v) is 7.08. The summed E-state index contributed by atoms with van der Waals surface area (Å²) in [4.78, 5) is 12.9. The minimum absolute atomic E-state index is 0.393. The number of nitrogens with zero attached hydrogens (tertiary/aromatic N) is 3. The van der Waals surface area contributed by atoms with E-state index in [-0.39, 0.29) is 0 Å². The van der Waals surface area contributed by atoms with E-state index in [1.165, 1.54) is 42.6 Å². The van der Waals surface area contributed by atoms with Crippen LogP contribution in [0.25, 0.3) is 0 Å². The van der Waals surface area contributed by atoms with E-state index in [0.29, 0.717) is 11.5 Å². The van der Waals surface area contributed by atoms with Gasteiger partial charge in [-0.2, -0.15) is 0 Å². The Morgan fingerprint density at radius 1 is 1.12 bits per heavy atom. The molecule has 4 rings (SSSR count). The Balaban J connectivity index is 1.40. The van der Waals surface area contributed by atoms with Gasteiger partial charge in [0.15, 0.2) is 0 Å². The zero-order valence-corrected chi connectivity index (χ0v) is 15.6. The molecule has 2 N–H and O–H groups in total. The molecule has 2 aromatic rings. The van der Waals surface area contributed by atoms with Crippen molar-refractivity contribution in [2.45, 2.75) is 55.0 Å². The van der Waals surface area contributed by atoms with Crippen molar-refractivity contribution < 1.29 is 0 Å². The summed E-state index contributed by atoms with van der Waals surface area (Å²) in [7, 11) is 0. The van der Waals surface area contributed by atoms with Gasteiger partial charge in [-0.05, 0) is 49.7 Å². The van der Waals surface area contributed by atoms with Gasteiger partial charge in [0, 0.05) is 24.0 Å². The molecule has 1 atom stereocenters. The fourth-order valence-corrected chi connectivity index (χ4v) is 5.09. The predicted octanol–water partition coefficient (Wildman–Crippen LogP) is 4.03. The van der Waals surface area contributed by atoms with Crippen LogP contribution in [-0.4, -0.2) is 29.1 Å². The van der Waals surface area contributed by atoms with E-state index in [9.17, 15) is 0 Å². The molecule has 4 nitrogen and oxygen atoms in total. The highest BCUT2D eigenvalue weighted by molar-refractivity contribution is 7.99. The number of nitrogens with two attached hydrogens (primary N) is 1. The van der Waals surface area contributed by atoms with E-state index in [2.05, 4.69) is 46.1 Å². The maximum atomic E-state index is 6.38. The fraction of sp³-hybridized carbons (Fsp3) is 0.500. The molecule has 0 amide bonds. The van der Waals surface area contributed by atoms with Crippen LogP contribution in [0.15, 0.2) is 46.6 Å². The number of aromatic nitrogens is 2.